The first-order valence-electron chi connectivity index (χ1n) is 8.20. The number of hydrogen-bond acceptors (Lipinski definition) is 5. The summed E-state index contributed by atoms with van der Waals surface area (Å²) in [4.78, 5) is 35.3. The number of para-hydroxylation sites is 1. The number of nitro benzene ring substituents is 1. The van der Waals surface area contributed by atoms with Crippen molar-refractivity contribution in [3.05, 3.63) is 92.7 Å². The van der Waals surface area contributed by atoms with Crippen LogP contribution in [0, 0.1) is 10.1 Å². The van der Waals surface area contributed by atoms with Gasteiger partial charge in [0.05, 0.1) is 15.4 Å². The minimum atomic E-state index is -0.503. The Hall–Kier alpha value is -3.78. The quantitative estimate of drug-likeness (QED) is 0.364. The number of hydrogen-bond donors (Lipinski definition) is 2. The summed E-state index contributed by atoms with van der Waals surface area (Å²) in [6.45, 7) is 0. The molecular formula is C20H15N3O4S. The van der Waals surface area contributed by atoms with Gasteiger partial charge in [-0.1, -0.05) is 24.3 Å². The minimum absolute atomic E-state index is 0.0789. The molecule has 28 heavy (non-hydrogen) atoms. The van der Waals surface area contributed by atoms with Crippen molar-refractivity contribution in [2.75, 3.05) is 10.6 Å². The average Bonchev–Trinajstić information content (AvgIpc) is 3.22. The summed E-state index contributed by atoms with van der Waals surface area (Å²) < 4.78 is 0. The van der Waals surface area contributed by atoms with Crippen molar-refractivity contribution in [2.24, 2.45) is 0 Å². The van der Waals surface area contributed by atoms with Gasteiger partial charge in [0.25, 0.3) is 11.6 Å². The van der Waals surface area contributed by atoms with Gasteiger partial charge in [0.15, 0.2) is 0 Å². The summed E-state index contributed by atoms with van der Waals surface area (Å²) in [5.74, 6) is -0.672. The third kappa shape index (κ3) is 4.89. The fourth-order valence-corrected chi connectivity index (χ4v) is 3.04. The molecule has 7 nitrogen and oxygen atoms in total. The maximum atomic E-state index is 12.1. The lowest BCUT2D eigenvalue weighted by molar-refractivity contribution is -0.385. The molecule has 2 amide bonds. The molecule has 0 aliphatic rings. The molecule has 0 aliphatic heterocycles. The number of nitrogens with one attached hydrogen (secondary N) is 2. The Bertz CT molecular complexity index is 1050. The molecule has 0 aliphatic carbocycles. The average molecular weight is 393 g/mol. The molecule has 0 fully saturated rings. The molecule has 140 valence electrons. The number of rotatable bonds is 6. The van der Waals surface area contributed by atoms with Crippen molar-refractivity contribution in [1.29, 1.82) is 0 Å². The van der Waals surface area contributed by atoms with Crippen LogP contribution in [0.3, 0.4) is 0 Å². The zero-order valence-corrected chi connectivity index (χ0v) is 15.3. The van der Waals surface area contributed by atoms with E-state index in [1.807, 2.05) is 5.38 Å². The summed E-state index contributed by atoms with van der Waals surface area (Å²) in [5.41, 5.74) is 1.28. The van der Waals surface area contributed by atoms with Crippen molar-refractivity contribution in [1.82, 2.24) is 0 Å². The Morgan fingerprint density at radius 1 is 0.964 bits per heavy atom. The predicted octanol–water partition coefficient (Wildman–Crippen LogP) is 4.56. The first-order chi connectivity index (χ1) is 13.5. The summed E-state index contributed by atoms with van der Waals surface area (Å²) in [6, 6.07) is 16.4. The van der Waals surface area contributed by atoms with E-state index in [4.69, 9.17) is 0 Å². The van der Waals surface area contributed by atoms with Crippen LogP contribution in [0.15, 0.2) is 72.1 Å². The maximum Gasteiger partial charge on any atom is 0.276 e. The number of thiophene rings is 1. The van der Waals surface area contributed by atoms with E-state index in [0.717, 1.165) is 0 Å². The molecule has 3 aromatic rings. The minimum Gasteiger partial charge on any atom is -0.322 e. The molecular weight excluding hydrogens is 378 g/mol. The molecule has 1 heterocycles. The summed E-state index contributed by atoms with van der Waals surface area (Å²) >= 11 is 1.33. The smallest absolute Gasteiger partial charge is 0.276 e. The van der Waals surface area contributed by atoms with Crippen LogP contribution in [0.25, 0.3) is 6.08 Å². The van der Waals surface area contributed by atoms with E-state index in [1.165, 1.54) is 29.6 Å². The largest absolute Gasteiger partial charge is 0.322 e. The fourth-order valence-electron chi connectivity index (χ4n) is 2.42. The SMILES string of the molecule is O=C(/C=C/c1ccccc1[N+](=O)[O-])Nc1cccc(NC(=O)c2cccs2)c1. The van der Waals surface area contributed by atoms with Crippen molar-refractivity contribution in [3.63, 3.8) is 0 Å². The maximum absolute atomic E-state index is 12.1. The lowest BCUT2D eigenvalue weighted by Crippen LogP contribution is -2.11. The Kier molecular flexibility index (Phi) is 5.93. The van der Waals surface area contributed by atoms with Gasteiger partial charge in [-0.3, -0.25) is 19.7 Å². The van der Waals surface area contributed by atoms with Gasteiger partial charge in [-0.05, 0) is 41.8 Å². The standard InChI is InChI=1S/C20H15N3O4S/c24-19(11-10-14-5-1-2-8-17(14)23(26)27)21-15-6-3-7-16(13-15)22-20(25)18-9-4-12-28-18/h1-13H,(H,21,24)(H,22,25)/b11-10+. The number of nitrogens with zero attached hydrogens (tertiary/aromatic N) is 1. The highest BCUT2D eigenvalue weighted by atomic mass is 32.1. The zero-order valence-electron chi connectivity index (χ0n) is 14.5. The molecule has 0 unspecified atom stereocenters. The predicted molar refractivity (Wildman–Crippen MR) is 109 cm³/mol. The lowest BCUT2D eigenvalue weighted by Gasteiger charge is -2.07. The van der Waals surface area contributed by atoms with Crippen LogP contribution in [-0.4, -0.2) is 16.7 Å². The second-order valence-electron chi connectivity index (χ2n) is 5.65. The van der Waals surface area contributed by atoms with Gasteiger partial charge < -0.3 is 10.6 Å². The summed E-state index contributed by atoms with van der Waals surface area (Å²) in [7, 11) is 0. The summed E-state index contributed by atoms with van der Waals surface area (Å²) in [5, 5.41) is 18.2. The Morgan fingerprint density at radius 3 is 2.43 bits per heavy atom. The van der Waals surface area contributed by atoms with Crippen LogP contribution >= 0.6 is 11.3 Å². The fraction of sp³-hybridized carbons (Fsp3) is 0. The molecule has 3 rings (SSSR count). The van der Waals surface area contributed by atoms with Gasteiger partial charge >= 0.3 is 0 Å². The second kappa shape index (κ2) is 8.74. The molecule has 2 aromatic carbocycles. The van der Waals surface area contributed by atoms with Crippen LogP contribution in [0.4, 0.5) is 17.1 Å². The van der Waals surface area contributed by atoms with E-state index in [9.17, 15) is 19.7 Å². The Morgan fingerprint density at radius 2 is 1.71 bits per heavy atom. The topological polar surface area (TPSA) is 101 Å². The highest BCUT2D eigenvalue weighted by Crippen LogP contribution is 2.20. The molecule has 1 aromatic heterocycles. The summed E-state index contributed by atoms with van der Waals surface area (Å²) in [6.07, 6.45) is 2.61. The van der Waals surface area contributed by atoms with Crippen LogP contribution < -0.4 is 10.6 Å². The lowest BCUT2D eigenvalue weighted by atomic mass is 10.1. The highest BCUT2D eigenvalue weighted by Gasteiger charge is 2.10. The van der Waals surface area contributed by atoms with Gasteiger partial charge in [0.1, 0.15) is 0 Å². The van der Waals surface area contributed by atoms with E-state index < -0.39 is 10.8 Å². The number of benzene rings is 2. The highest BCUT2D eigenvalue weighted by molar-refractivity contribution is 7.12. The molecule has 0 radical (unpaired) electrons. The third-order valence-electron chi connectivity index (χ3n) is 3.68. The number of anilines is 2. The van der Waals surface area contributed by atoms with Crippen LogP contribution in [-0.2, 0) is 4.79 Å². The Labute approximate surface area is 164 Å². The van der Waals surface area contributed by atoms with Crippen LogP contribution in [0.1, 0.15) is 15.2 Å². The van der Waals surface area contributed by atoms with Gasteiger partial charge in [-0.15, -0.1) is 11.3 Å². The van der Waals surface area contributed by atoms with Crippen molar-refractivity contribution in [2.45, 2.75) is 0 Å². The first-order valence-corrected chi connectivity index (χ1v) is 9.08. The zero-order chi connectivity index (χ0) is 19.9. The number of nitro groups is 1. The molecule has 0 atom stereocenters. The molecule has 0 spiro atoms. The monoisotopic (exact) mass is 393 g/mol. The number of carbonyl (C=O) groups excluding carboxylic acids is 2. The van der Waals surface area contributed by atoms with Crippen LogP contribution in [0.5, 0.6) is 0 Å². The van der Waals surface area contributed by atoms with Gasteiger partial charge in [0.2, 0.25) is 5.91 Å². The van der Waals surface area contributed by atoms with Gasteiger partial charge in [0, 0.05) is 23.5 Å². The number of amides is 2. The van der Waals surface area contributed by atoms with E-state index in [0.29, 0.717) is 21.8 Å². The second-order valence-corrected chi connectivity index (χ2v) is 6.60. The van der Waals surface area contributed by atoms with Crippen molar-refractivity contribution < 1.29 is 14.5 Å². The van der Waals surface area contributed by atoms with E-state index in [2.05, 4.69) is 10.6 Å². The van der Waals surface area contributed by atoms with Crippen LogP contribution in [0.2, 0.25) is 0 Å². The normalized spacial score (nSPS) is 10.6. The molecule has 2 N–H and O–H groups in total. The molecule has 0 bridgehead atoms. The van der Waals surface area contributed by atoms with Gasteiger partial charge in [-0.2, -0.15) is 0 Å². The first kappa shape index (κ1) is 19.0. The molecule has 0 saturated heterocycles. The number of carbonyl (C=O) groups is 2. The third-order valence-corrected chi connectivity index (χ3v) is 4.55. The van der Waals surface area contributed by atoms with Crippen molar-refractivity contribution >= 4 is 46.3 Å². The molecule has 0 saturated carbocycles. The van der Waals surface area contributed by atoms with Gasteiger partial charge in [-0.25, -0.2) is 0 Å². The van der Waals surface area contributed by atoms with E-state index in [1.54, 1.807) is 54.6 Å². The molecule has 8 heteroatoms. The van der Waals surface area contributed by atoms with E-state index >= 15 is 0 Å². The Balaban J connectivity index is 1.66. The van der Waals surface area contributed by atoms with Crippen molar-refractivity contribution in [3.8, 4) is 0 Å². The van der Waals surface area contributed by atoms with E-state index in [-0.39, 0.29) is 11.6 Å².